The summed E-state index contributed by atoms with van der Waals surface area (Å²) in [7, 11) is 0. The Morgan fingerprint density at radius 3 is 2.45 bits per heavy atom. The number of Topliss-reactive ketones (excluding diaryl/α,β-unsaturated/α-hetero) is 1. The van der Waals surface area contributed by atoms with Gasteiger partial charge < -0.3 is 30.6 Å². The fourth-order valence-corrected chi connectivity index (χ4v) is 8.31. The van der Waals surface area contributed by atoms with E-state index in [2.05, 4.69) is 21.1 Å². The molecule has 3 aliphatic heterocycles. The molecule has 1 saturated carbocycles. The van der Waals surface area contributed by atoms with Gasteiger partial charge in [-0.1, -0.05) is 82.3 Å². The molecule has 5 amide bonds. The van der Waals surface area contributed by atoms with Crippen LogP contribution in [0.15, 0.2) is 29.4 Å². The molecule has 0 radical (unpaired) electrons. The van der Waals surface area contributed by atoms with Crippen LogP contribution in [0.5, 0.6) is 0 Å². The molecule has 1 aromatic rings. The Balaban J connectivity index is 1.37. The van der Waals surface area contributed by atoms with E-state index in [0.717, 1.165) is 31.2 Å². The number of rotatable bonds is 12. The van der Waals surface area contributed by atoms with Crippen molar-refractivity contribution < 1.29 is 33.6 Å². The van der Waals surface area contributed by atoms with Crippen molar-refractivity contribution in [1.82, 2.24) is 25.8 Å². The Labute approximate surface area is 317 Å². The quantitative estimate of drug-likeness (QED) is 0.272. The summed E-state index contributed by atoms with van der Waals surface area (Å²) in [6.45, 7) is 9.41. The molecule has 5 atom stereocenters. The normalized spacial score (nSPS) is 24.3. The first-order chi connectivity index (χ1) is 25.1. The fraction of sp³-hybridized carbons (Fsp3) is 0.667. The topological polar surface area (TPSA) is 167 Å². The Bertz CT molecular complexity index is 1600. The van der Waals surface area contributed by atoms with Gasteiger partial charge in [0, 0.05) is 55.9 Å². The first kappa shape index (κ1) is 40.2. The molecule has 0 aromatic heterocycles. The third-order valence-corrected chi connectivity index (χ3v) is 11.1. The number of halogens is 1. The predicted molar refractivity (Wildman–Crippen MR) is 200 cm³/mol. The third-order valence-electron chi connectivity index (χ3n) is 10.9. The summed E-state index contributed by atoms with van der Waals surface area (Å²) >= 11 is 6.27. The Kier molecular flexibility index (Phi) is 12.9. The van der Waals surface area contributed by atoms with Crippen molar-refractivity contribution in [2.24, 2.45) is 16.5 Å². The van der Waals surface area contributed by atoms with Gasteiger partial charge in [-0.3, -0.25) is 28.8 Å². The standard InChI is InChI=1S/C39H55ClN6O7/c1-6-11-29(33(49)36(51)45-17-16-28(22-45)41-24(2)47)42-35(50)31-21-39(20-30(44-53-39)26-14-10-15-27(40)19-26)23-46(31)37(52)34(38(3,4)5)43-32(48)18-25-12-8-7-9-13-25/h10,14-15,19,25,28-29,31,34H,6-9,11-13,16-18,20-23H2,1-5H3,(H,41,47)(H,42,50)(H,43,48)/t28-,29+,31+,34-,39-/m1/s1. The maximum Gasteiger partial charge on any atom is 0.292 e. The van der Waals surface area contributed by atoms with Crippen LogP contribution in [0, 0.1) is 11.3 Å². The van der Waals surface area contributed by atoms with Gasteiger partial charge in [0.2, 0.25) is 29.4 Å². The molecule has 3 N–H and O–H groups in total. The van der Waals surface area contributed by atoms with Crippen LogP contribution >= 0.6 is 11.6 Å². The van der Waals surface area contributed by atoms with Crippen molar-refractivity contribution >= 4 is 52.6 Å². The number of hydrogen-bond donors (Lipinski definition) is 3. The van der Waals surface area contributed by atoms with Crippen molar-refractivity contribution in [3.63, 3.8) is 0 Å². The molecule has 3 heterocycles. The van der Waals surface area contributed by atoms with E-state index >= 15 is 0 Å². The summed E-state index contributed by atoms with van der Waals surface area (Å²) in [6.07, 6.45) is 7.29. The molecule has 4 aliphatic rings. The van der Waals surface area contributed by atoms with Crippen LogP contribution in [0.2, 0.25) is 5.02 Å². The van der Waals surface area contributed by atoms with Gasteiger partial charge in [-0.25, -0.2) is 0 Å². The Hall–Kier alpha value is -4.00. The van der Waals surface area contributed by atoms with Gasteiger partial charge in [-0.05, 0) is 49.1 Å². The highest BCUT2D eigenvalue weighted by Gasteiger charge is 2.56. The van der Waals surface area contributed by atoms with Crippen LogP contribution in [0.4, 0.5) is 0 Å². The zero-order valence-electron chi connectivity index (χ0n) is 31.7. The fourth-order valence-electron chi connectivity index (χ4n) is 8.12. The van der Waals surface area contributed by atoms with Crippen LogP contribution in [0.3, 0.4) is 0 Å². The smallest absolute Gasteiger partial charge is 0.292 e. The molecular formula is C39H55ClN6O7. The van der Waals surface area contributed by atoms with Crippen LogP contribution < -0.4 is 16.0 Å². The molecule has 3 fully saturated rings. The van der Waals surface area contributed by atoms with E-state index in [1.165, 1.54) is 23.1 Å². The second-order valence-corrected chi connectivity index (χ2v) is 16.8. The SMILES string of the molecule is CCC[C@H](NC(=O)[C@@H]1C[C@]2(CC(c3cccc(Cl)c3)=NO2)CN1C(=O)[C@@H](NC(=O)CC1CCCCC1)C(C)(C)C)C(=O)C(=O)N1CC[C@@H](NC(C)=O)C1. The summed E-state index contributed by atoms with van der Waals surface area (Å²) < 4.78 is 0. The van der Waals surface area contributed by atoms with Crippen molar-refractivity contribution in [2.75, 3.05) is 19.6 Å². The largest absolute Gasteiger partial charge is 0.387 e. The maximum atomic E-state index is 14.7. The van der Waals surface area contributed by atoms with Crippen molar-refractivity contribution in [2.45, 2.75) is 135 Å². The molecule has 5 rings (SSSR count). The lowest BCUT2D eigenvalue weighted by atomic mass is 9.84. The molecule has 53 heavy (non-hydrogen) atoms. The number of nitrogens with one attached hydrogen (secondary N) is 3. The first-order valence-corrected chi connectivity index (χ1v) is 19.5. The second-order valence-electron chi connectivity index (χ2n) is 16.4. The lowest BCUT2D eigenvalue weighted by Gasteiger charge is -2.36. The van der Waals surface area contributed by atoms with E-state index in [-0.39, 0.29) is 49.7 Å². The van der Waals surface area contributed by atoms with Crippen LogP contribution in [0.25, 0.3) is 0 Å². The van der Waals surface area contributed by atoms with E-state index in [9.17, 15) is 28.8 Å². The zero-order valence-corrected chi connectivity index (χ0v) is 32.4. The molecule has 1 aliphatic carbocycles. The van der Waals surface area contributed by atoms with Crippen LogP contribution in [-0.4, -0.2) is 100 Å². The van der Waals surface area contributed by atoms with Gasteiger partial charge in [0.25, 0.3) is 5.91 Å². The monoisotopic (exact) mass is 754 g/mol. The van der Waals surface area contributed by atoms with E-state index < -0.39 is 52.6 Å². The number of carbonyl (C=O) groups excluding carboxylic acids is 6. The van der Waals surface area contributed by atoms with Gasteiger partial charge >= 0.3 is 0 Å². The minimum Gasteiger partial charge on any atom is -0.387 e. The van der Waals surface area contributed by atoms with Gasteiger partial charge in [0.05, 0.1) is 18.3 Å². The summed E-state index contributed by atoms with van der Waals surface area (Å²) in [6, 6.07) is 3.82. The number of ketones is 1. The van der Waals surface area contributed by atoms with Crippen molar-refractivity contribution in [1.29, 1.82) is 0 Å². The first-order valence-electron chi connectivity index (χ1n) is 19.1. The Morgan fingerprint density at radius 2 is 1.79 bits per heavy atom. The van der Waals surface area contributed by atoms with E-state index in [1.54, 1.807) is 12.1 Å². The average Bonchev–Trinajstić information content (AvgIpc) is 3.85. The predicted octanol–water partition coefficient (Wildman–Crippen LogP) is 3.90. The molecule has 290 valence electrons. The molecule has 0 bridgehead atoms. The summed E-state index contributed by atoms with van der Waals surface area (Å²) in [5.74, 6) is -2.63. The molecule has 0 unspecified atom stereocenters. The van der Waals surface area contributed by atoms with Gasteiger partial charge in [0.1, 0.15) is 12.1 Å². The highest BCUT2D eigenvalue weighted by molar-refractivity contribution is 6.38. The Morgan fingerprint density at radius 1 is 1.06 bits per heavy atom. The molecule has 14 heteroatoms. The number of likely N-dealkylation sites (tertiary alicyclic amines) is 2. The summed E-state index contributed by atoms with van der Waals surface area (Å²) in [5, 5.41) is 13.5. The third kappa shape index (κ3) is 9.96. The molecule has 13 nitrogen and oxygen atoms in total. The molecule has 1 aromatic carbocycles. The number of oxime groups is 1. The number of benzene rings is 1. The lowest BCUT2D eigenvalue weighted by Crippen LogP contribution is -2.59. The summed E-state index contributed by atoms with van der Waals surface area (Å²) in [5.41, 5.74) is -0.356. The molecular weight excluding hydrogens is 700 g/mol. The number of nitrogens with zero attached hydrogens (tertiary/aromatic N) is 3. The number of hydrogen-bond acceptors (Lipinski definition) is 8. The number of amides is 5. The summed E-state index contributed by atoms with van der Waals surface area (Å²) in [4.78, 5) is 89.9. The van der Waals surface area contributed by atoms with Crippen LogP contribution in [0.1, 0.15) is 111 Å². The zero-order chi connectivity index (χ0) is 38.5. The van der Waals surface area contributed by atoms with Crippen LogP contribution in [-0.2, 0) is 33.6 Å². The van der Waals surface area contributed by atoms with E-state index in [0.29, 0.717) is 43.0 Å². The van der Waals surface area contributed by atoms with Gasteiger partial charge in [-0.2, -0.15) is 0 Å². The highest BCUT2D eigenvalue weighted by Crippen LogP contribution is 2.40. The minimum absolute atomic E-state index is 0.0200. The maximum absolute atomic E-state index is 14.7. The van der Waals surface area contributed by atoms with Gasteiger partial charge in [-0.15, -0.1) is 0 Å². The highest BCUT2D eigenvalue weighted by atomic mass is 35.5. The number of carbonyl (C=O) groups is 6. The van der Waals surface area contributed by atoms with E-state index in [4.69, 9.17) is 16.4 Å². The van der Waals surface area contributed by atoms with Crippen molar-refractivity contribution in [3.05, 3.63) is 34.9 Å². The van der Waals surface area contributed by atoms with E-state index in [1.807, 2.05) is 39.8 Å². The molecule has 1 spiro atoms. The van der Waals surface area contributed by atoms with Gasteiger partial charge in [0.15, 0.2) is 5.60 Å². The minimum atomic E-state index is -1.12. The lowest BCUT2D eigenvalue weighted by molar-refractivity contribution is -0.147. The second kappa shape index (κ2) is 17.0. The average molecular weight is 755 g/mol. The molecule has 2 saturated heterocycles. The van der Waals surface area contributed by atoms with Crippen molar-refractivity contribution in [3.8, 4) is 0 Å².